The topological polar surface area (TPSA) is 20.3 Å². The van der Waals surface area contributed by atoms with Crippen LogP contribution in [0.4, 0.5) is 8.78 Å². The van der Waals surface area contributed by atoms with Crippen molar-refractivity contribution in [1.29, 1.82) is 0 Å². The fourth-order valence-corrected chi connectivity index (χ4v) is 2.94. The number of halogens is 2. The van der Waals surface area contributed by atoms with E-state index < -0.39 is 11.6 Å². The second-order valence-corrected chi connectivity index (χ2v) is 5.51. The third-order valence-electron chi connectivity index (χ3n) is 4.06. The molecule has 0 heterocycles. The lowest BCUT2D eigenvalue weighted by atomic mass is 10.1. The largest absolute Gasteiger partial charge is 0.333 e. The van der Waals surface area contributed by atoms with Crippen molar-refractivity contribution < 1.29 is 13.6 Å². The van der Waals surface area contributed by atoms with E-state index in [-0.39, 0.29) is 17.5 Å². The van der Waals surface area contributed by atoms with E-state index in [1.165, 1.54) is 6.07 Å². The molecule has 0 radical (unpaired) electrons. The molecule has 1 amide bonds. The van der Waals surface area contributed by atoms with Crippen molar-refractivity contribution in [2.45, 2.75) is 50.6 Å². The van der Waals surface area contributed by atoms with E-state index in [1.54, 1.807) is 0 Å². The van der Waals surface area contributed by atoms with Crippen LogP contribution in [0.25, 0.3) is 0 Å². The molecule has 3 rings (SSSR count). The summed E-state index contributed by atoms with van der Waals surface area (Å²) in [5.74, 6) is -2.00. The van der Waals surface area contributed by atoms with Gasteiger partial charge < -0.3 is 4.90 Å². The lowest BCUT2D eigenvalue weighted by Gasteiger charge is -2.29. The summed E-state index contributed by atoms with van der Waals surface area (Å²) < 4.78 is 26.2. The van der Waals surface area contributed by atoms with Gasteiger partial charge in [-0.05, 0) is 43.9 Å². The lowest BCUT2D eigenvalue weighted by Crippen LogP contribution is -2.40. The van der Waals surface area contributed by atoms with Crippen LogP contribution in [0.5, 0.6) is 0 Å². The normalized spacial score (nSPS) is 19.7. The minimum atomic E-state index is -0.951. The van der Waals surface area contributed by atoms with Crippen molar-refractivity contribution in [3.63, 3.8) is 0 Å². The van der Waals surface area contributed by atoms with Crippen LogP contribution in [-0.2, 0) is 0 Å². The third kappa shape index (κ3) is 2.48. The molecular formula is C15H17F2NO. The molecule has 1 aromatic carbocycles. The molecule has 2 fully saturated rings. The highest BCUT2D eigenvalue weighted by molar-refractivity contribution is 5.94. The molecule has 0 aliphatic heterocycles. The van der Waals surface area contributed by atoms with E-state index in [0.717, 1.165) is 50.7 Å². The Balaban J connectivity index is 1.84. The SMILES string of the molecule is O=C(c1ccc(F)c(F)c1)N(C1CCCC1)C1CC1. The monoisotopic (exact) mass is 265 g/mol. The predicted molar refractivity (Wildman–Crippen MR) is 67.8 cm³/mol. The molecule has 2 saturated carbocycles. The van der Waals surface area contributed by atoms with Crippen molar-refractivity contribution in [2.24, 2.45) is 0 Å². The highest BCUT2D eigenvalue weighted by atomic mass is 19.2. The fourth-order valence-electron chi connectivity index (χ4n) is 2.94. The number of carbonyl (C=O) groups is 1. The number of hydrogen-bond acceptors (Lipinski definition) is 1. The average molecular weight is 265 g/mol. The summed E-state index contributed by atoms with van der Waals surface area (Å²) in [6.45, 7) is 0. The van der Waals surface area contributed by atoms with E-state index in [1.807, 2.05) is 4.90 Å². The molecule has 0 bridgehead atoms. The van der Waals surface area contributed by atoms with Crippen LogP contribution in [0, 0.1) is 11.6 Å². The zero-order valence-electron chi connectivity index (χ0n) is 10.7. The van der Waals surface area contributed by atoms with Gasteiger partial charge in [-0.2, -0.15) is 0 Å². The molecule has 2 aliphatic carbocycles. The highest BCUT2D eigenvalue weighted by Crippen LogP contribution is 2.35. The van der Waals surface area contributed by atoms with Gasteiger partial charge in [0.05, 0.1) is 0 Å². The van der Waals surface area contributed by atoms with E-state index in [4.69, 9.17) is 0 Å². The highest BCUT2D eigenvalue weighted by Gasteiger charge is 2.38. The average Bonchev–Trinajstić information content (AvgIpc) is 3.08. The molecule has 1 aromatic rings. The Labute approximate surface area is 111 Å². The first-order valence-electron chi connectivity index (χ1n) is 6.94. The van der Waals surface area contributed by atoms with Crippen molar-refractivity contribution >= 4 is 5.91 Å². The summed E-state index contributed by atoms with van der Waals surface area (Å²) in [6, 6.07) is 4.02. The summed E-state index contributed by atoms with van der Waals surface area (Å²) in [6.07, 6.45) is 6.44. The smallest absolute Gasteiger partial charge is 0.254 e. The number of nitrogens with zero attached hydrogens (tertiary/aromatic N) is 1. The van der Waals surface area contributed by atoms with E-state index >= 15 is 0 Å². The van der Waals surface area contributed by atoms with Crippen molar-refractivity contribution in [3.8, 4) is 0 Å². The molecule has 0 saturated heterocycles. The molecular weight excluding hydrogens is 248 g/mol. The molecule has 2 nitrogen and oxygen atoms in total. The van der Waals surface area contributed by atoms with Crippen LogP contribution in [0.15, 0.2) is 18.2 Å². The van der Waals surface area contributed by atoms with Crippen molar-refractivity contribution in [2.75, 3.05) is 0 Å². The number of carbonyl (C=O) groups excluding carboxylic acids is 1. The van der Waals surface area contributed by atoms with Gasteiger partial charge in [-0.1, -0.05) is 12.8 Å². The van der Waals surface area contributed by atoms with Crippen LogP contribution >= 0.6 is 0 Å². The maximum Gasteiger partial charge on any atom is 0.254 e. The summed E-state index contributed by atoms with van der Waals surface area (Å²) in [5.41, 5.74) is 0.262. The van der Waals surface area contributed by atoms with Gasteiger partial charge in [-0.25, -0.2) is 8.78 Å². The summed E-state index contributed by atoms with van der Waals surface area (Å²) in [5, 5.41) is 0. The number of amides is 1. The van der Waals surface area contributed by atoms with Gasteiger partial charge in [-0.3, -0.25) is 4.79 Å². The Morgan fingerprint density at radius 1 is 1.00 bits per heavy atom. The zero-order chi connectivity index (χ0) is 13.4. The summed E-state index contributed by atoms with van der Waals surface area (Å²) in [7, 11) is 0. The van der Waals surface area contributed by atoms with Gasteiger partial charge in [0.1, 0.15) is 0 Å². The zero-order valence-corrected chi connectivity index (χ0v) is 10.7. The molecule has 0 spiro atoms. The Morgan fingerprint density at radius 2 is 1.63 bits per heavy atom. The first-order chi connectivity index (χ1) is 9.16. The lowest BCUT2D eigenvalue weighted by molar-refractivity contribution is 0.0663. The molecule has 0 atom stereocenters. The van der Waals surface area contributed by atoms with Crippen molar-refractivity contribution in [1.82, 2.24) is 4.90 Å². The molecule has 102 valence electrons. The Morgan fingerprint density at radius 3 is 2.21 bits per heavy atom. The van der Waals surface area contributed by atoms with E-state index in [9.17, 15) is 13.6 Å². The Hall–Kier alpha value is -1.45. The van der Waals surface area contributed by atoms with Crippen LogP contribution in [0.1, 0.15) is 48.9 Å². The standard InChI is InChI=1S/C15H17F2NO/c16-13-8-5-10(9-14(13)17)15(19)18(12-6-7-12)11-3-1-2-4-11/h5,8-9,11-12H,1-4,6-7H2. The number of hydrogen-bond donors (Lipinski definition) is 0. The van der Waals surface area contributed by atoms with Gasteiger partial charge in [0.15, 0.2) is 11.6 Å². The Bertz CT molecular complexity index is 493. The van der Waals surface area contributed by atoms with Gasteiger partial charge in [-0.15, -0.1) is 0 Å². The minimum absolute atomic E-state index is 0.145. The first kappa shape index (κ1) is 12.6. The second kappa shape index (κ2) is 4.91. The number of rotatable bonds is 3. The maximum atomic E-state index is 13.3. The van der Waals surface area contributed by atoms with E-state index in [2.05, 4.69) is 0 Å². The quantitative estimate of drug-likeness (QED) is 0.819. The molecule has 0 aromatic heterocycles. The second-order valence-electron chi connectivity index (χ2n) is 5.51. The number of benzene rings is 1. The van der Waals surface area contributed by atoms with Gasteiger partial charge in [0.25, 0.3) is 5.91 Å². The first-order valence-corrected chi connectivity index (χ1v) is 6.94. The third-order valence-corrected chi connectivity index (χ3v) is 4.06. The summed E-state index contributed by atoms with van der Waals surface area (Å²) in [4.78, 5) is 14.4. The van der Waals surface area contributed by atoms with Crippen LogP contribution in [0.2, 0.25) is 0 Å². The van der Waals surface area contributed by atoms with Crippen molar-refractivity contribution in [3.05, 3.63) is 35.4 Å². The minimum Gasteiger partial charge on any atom is -0.333 e. The molecule has 4 heteroatoms. The van der Waals surface area contributed by atoms with Gasteiger partial charge in [0.2, 0.25) is 0 Å². The van der Waals surface area contributed by atoms with Gasteiger partial charge >= 0.3 is 0 Å². The fraction of sp³-hybridized carbons (Fsp3) is 0.533. The van der Waals surface area contributed by atoms with Crippen LogP contribution in [-0.4, -0.2) is 22.9 Å². The predicted octanol–water partition coefficient (Wildman–Crippen LogP) is 3.51. The molecule has 0 unspecified atom stereocenters. The van der Waals surface area contributed by atoms with Crippen LogP contribution in [0.3, 0.4) is 0 Å². The molecule has 19 heavy (non-hydrogen) atoms. The van der Waals surface area contributed by atoms with Gasteiger partial charge in [0, 0.05) is 17.6 Å². The molecule has 0 N–H and O–H groups in total. The molecule has 2 aliphatic rings. The maximum absolute atomic E-state index is 13.3. The van der Waals surface area contributed by atoms with E-state index in [0.29, 0.717) is 6.04 Å². The Kier molecular flexibility index (Phi) is 3.25. The summed E-state index contributed by atoms with van der Waals surface area (Å²) >= 11 is 0. The van der Waals surface area contributed by atoms with Crippen LogP contribution < -0.4 is 0 Å².